The quantitative estimate of drug-likeness (QED) is 0.836. The molecule has 5 heteroatoms. The fourth-order valence-corrected chi connectivity index (χ4v) is 3.69. The van der Waals surface area contributed by atoms with E-state index in [4.69, 9.17) is 0 Å². The molecule has 1 aliphatic rings. The number of benzene rings is 1. The van der Waals surface area contributed by atoms with Gasteiger partial charge in [-0.3, -0.25) is 9.59 Å². The first-order chi connectivity index (χ1) is 12.5. The van der Waals surface area contributed by atoms with E-state index in [0.717, 1.165) is 42.8 Å². The average Bonchev–Trinajstić information content (AvgIpc) is 2.97. The maximum absolute atomic E-state index is 12.6. The van der Waals surface area contributed by atoms with Crippen LogP contribution >= 0.6 is 0 Å². The second-order valence-electron chi connectivity index (χ2n) is 6.93. The Morgan fingerprint density at radius 2 is 2.08 bits per heavy atom. The molecule has 26 heavy (non-hydrogen) atoms. The molecule has 2 aromatic rings. The predicted octanol–water partition coefficient (Wildman–Crippen LogP) is 3.41. The molecule has 0 saturated carbocycles. The van der Waals surface area contributed by atoms with Gasteiger partial charge < -0.3 is 15.2 Å². The molecule has 138 valence electrons. The van der Waals surface area contributed by atoms with Crippen LogP contribution in [0.1, 0.15) is 57.4 Å². The fourth-order valence-electron chi connectivity index (χ4n) is 3.69. The maximum atomic E-state index is 12.6. The Kier molecular flexibility index (Phi) is 5.45. The topological polar surface area (TPSA) is 65.2 Å². The molecule has 0 atom stereocenters. The monoisotopic (exact) mass is 353 g/mol. The number of hydrogen-bond donors (Lipinski definition) is 2. The Labute approximate surface area is 154 Å². The summed E-state index contributed by atoms with van der Waals surface area (Å²) in [6.45, 7) is 8.22. The van der Waals surface area contributed by atoms with Crippen LogP contribution in [0.15, 0.2) is 24.3 Å². The van der Waals surface area contributed by atoms with Gasteiger partial charge in [0.25, 0.3) is 5.91 Å². The number of carbonyl (C=O) groups excluding carboxylic acids is 2. The van der Waals surface area contributed by atoms with Crippen molar-refractivity contribution in [3.63, 3.8) is 0 Å². The molecule has 5 nitrogen and oxygen atoms in total. The maximum Gasteiger partial charge on any atom is 0.268 e. The summed E-state index contributed by atoms with van der Waals surface area (Å²) in [5, 5.41) is 2.99. The van der Waals surface area contributed by atoms with E-state index in [1.165, 1.54) is 11.3 Å². The lowest BCUT2D eigenvalue weighted by Crippen LogP contribution is -2.35. The summed E-state index contributed by atoms with van der Waals surface area (Å²) in [5.74, 6) is 0.0145. The van der Waals surface area contributed by atoms with Crippen LogP contribution in [0.3, 0.4) is 0 Å². The molecular formula is C21H27N3O2. The van der Waals surface area contributed by atoms with Crippen molar-refractivity contribution in [3.8, 4) is 0 Å². The number of Topliss-reactive ketones (excluding diaryl/α,β-unsaturated/α-hetero) is 1. The molecule has 1 aromatic heterocycles. The number of hydrogen-bond acceptors (Lipinski definition) is 3. The van der Waals surface area contributed by atoms with Gasteiger partial charge in [-0.1, -0.05) is 12.1 Å². The lowest BCUT2D eigenvalue weighted by Gasteiger charge is -2.23. The third kappa shape index (κ3) is 3.66. The van der Waals surface area contributed by atoms with Crippen LogP contribution in [0.5, 0.6) is 0 Å². The number of ketones is 1. The van der Waals surface area contributed by atoms with Gasteiger partial charge in [-0.15, -0.1) is 0 Å². The highest BCUT2D eigenvalue weighted by molar-refractivity contribution is 6.04. The summed E-state index contributed by atoms with van der Waals surface area (Å²) in [4.78, 5) is 30.1. The van der Waals surface area contributed by atoms with E-state index >= 15 is 0 Å². The van der Waals surface area contributed by atoms with Gasteiger partial charge in [-0.25, -0.2) is 0 Å². The molecule has 0 aliphatic heterocycles. The number of aryl methyl sites for hydroxylation is 2. The predicted molar refractivity (Wildman–Crippen MR) is 104 cm³/mol. The van der Waals surface area contributed by atoms with Gasteiger partial charge in [-0.05, 0) is 56.9 Å². The average molecular weight is 353 g/mol. The van der Waals surface area contributed by atoms with Crippen LogP contribution in [0.2, 0.25) is 0 Å². The van der Waals surface area contributed by atoms with Crippen LogP contribution in [-0.4, -0.2) is 36.3 Å². The van der Waals surface area contributed by atoms with Crippen LogP contribution in [-0.2, 0) is 6.42 Å². The van der Waals surface area contributed by atoms with Crippen molar-refractivity contribution in [1.29, 1.82) is 0 Å². The smallest absolute Gasteiger partial charge is 0.268 e. The Balaban J connectivity index is 1.63. The van der Waals surface area contributed by atoms with Crippen molar-refractivity contribution in [1.82, 2.24) is 10.3 Å². The molecule has 1 aromatic carbocycles. The summed E-state index contributed by atoms with van der Waals surface area (Å²) >= 11 is 0. The highest BCUT2D eigenvalue weighted by Gasteiger charge is 2.26. The lowest BCUT2D eigenvalue weighted by molar-refractivity contribution is 0.0948. The van der Waals surface area contributed by atoms with Crippen LogP contribution < -0.4 is 10.2 Å². The molecule has 1 heterocycles. The molecule has 0 unspecified atom stereocenters. The molecule has 3 rings (SSSR count). The van der Waals surface area contributed by atoms with Crippen molar-refractivity contribution in [2.45, 2.75) is 40.0 Å². The van der Waals surface area contributed by atoms with E-state index in [1.54, 1.807) is 0 Å². The van der Waals surface area contributed by atoms with Gasteiger partial charge >= 0.3 is 0 Å². The van der Waals surface area contributed by atoms with Crippen LogP contribution in [0.4, 0.5) is 5.69 Å². The number of nitrogens with one attached hydrogen (secondary N) is 2. The highest BCUT2D eigenvalue weighted by Crippen LogP contribution is 2.26. The minimum Gasteiger partial charge on any atom is -0.370 e. The van der Waals surface area contributed by atoms with Crippen LogP contribution in [0.25, 0.3) is 0 Å². The first kappa shape index (κ1) is 18.2. The van der Waals surface area contributed by atoms with Crippen molar-refractivity contribution in [3.05, 3.63) is 52.3 Å². The first-order valence-electron chi connectivity index (χ1n) is 9.35. The Morgan fingerprint density at radius 1 is 1.27 bits per heavy atom. The molecule has 1 amide bonds. The SMILES string of the molecule is CCN(CCNC(=O)c1[nH]c2c(c1C)C(=O)CCC2)c1cccc(C)c1. The van der Waals surface area contributed by atoms with Crippen molar-refractivity contribution in [2.75, 3.05) is 24.5 Å². The fraction of sp³-hybridized carbons (Fsp3) is 0.429. The van der Waals surface area contributed by atoms with Gasteiger partial charge in [0, 0.05) is 43.0 Å². The zero-order valence-corrected chi connectivity index (χ0v) is 15.8. The second kappa shape index (κ2) is 7.77. The van der Waals surface area contributed by atoms with Gasteiger partial charge in [0.1, 0.15) is 5.69 Å². The molecular weight excluding hydrogens is 326 g/mol. The molecule has 1 aliphatic carbocycles. The number of aromatic nitrogens is 1. The van der Waals surface area contributed by atoms with Gasteiger partial charge in [0.2, 0.25) is 0 Å². The van der Waals surface area contributed by atoms with E-state index < -0.39 is 0 Å². The Hall–Kier alpha value is -2.56. The summed E-state index contributed by atoms with van der Waals surface area (Å²) in [5.41, 5.74) is 5.35. The van der Waals surface area contributed by atoms with Crippen molar-refractivity contribution >= 4 is 17.4 Å². The third-order valence-electron chi connectivity index (χ3n) is 5.08. The van der Waals surface area contributed by atoms with Crippen molar-refractivity contribution < 1.29 is 9.59 Å². The number of rotatable bonds is 6. The van der Waals surface area contributed by atoms with E-state index in [-0.39, 0.29) is 11.7 Å². The number of likely N-dealkylation sites (N-methyl/N-ethyl adjacent to an activating group) is 1. The second-order valence-corrected chi connectivity index (χ2v) is 6.93. The van der Waals surface area contributed by atoms with Crippen molar-refractivity contribution in [2.24, 2.45) is 0 Å². The molecule has 2 N–H and O–H groups in total. The molecule has 0 saturated heterocycles. The summed E-state index contributed by atoms with van der Waals surface area (Å²) in [7, 11) is 0. The third-order valence-corrected chi connectivity index (χ3v) is 5.08. The largest absolute Gasteiger partial charge is 0.370 e. The lowest BCUT2D eigenvalue weighted by atomic mass is 9.94. The minimum absolute atomic E-state index is 0.134. The minimum atomic E-state index is -0.134. The van der Waals surface area contributed by atoms with E-state index in [0.29, 0.717) is 18.7 Å². The Bertz CT molecular complexity index is 823. The number of fused-ring (bicyclic) bond motifs is 1. The standard InChI is InChI=1S/C21H27N3O2/c1-4-24(16-8-5-7-14(2)13-16)12-11-22-21(26)20-15(3)19-17(23-20)9-6-10-18(19)25/h5,7-8,13,23H,4,6,9-12H2,1-3H3,(H,22,26). The summed E-state index contributed by atoms with van der Waals surface area (Å²) in [6.07, 6.45) is 2.27. The van der Waals surface area contributed by atoms with E-state index in [9.17, 15) is 9.59 Å². The number of H-pyrrole nitrogens is 1. The molecule has 0 spiro atoms. The number of anilines is 1. The summed E-state index contributed by atoms with van der Waals surface area (Å²) < 4.78 is 0. The van der Waals surface area contributed by atoms with Gasteiger partial charge in [-0.2, -0.15) is 0 Å². The van der Waals surface area contributed by atoms with Crippen LogP contribution in [0, 0.1) is 13.8 Å². The first-order valence-corrected chi connectivity index (χ1v) is 9.35. The number of carbonyl (C=O) groups is 2. The van der Waals surface area contributed by atoms with Gasteiger partial charge in [0.05, 0.1) is 0 Å². The zero-order valence-electron chi connectivity index (χ0n) is 15.8. The number of amides is 1. The summed E-state index contributed by atoms with van der Waals surface area (Å²) in [6, 6.07) is 8.37. The highest BCUT2D eigenvalue weighted by atomic mass is 16.2. The molecule has 0 bridgehead atoms. The Morgan fingerprint density at radius 3 is 2.77 bits per heavy atom. The van der Waals surface area contributed by atoms with E-state index in [1.807, 2.05) is 6.92 Å². The molecule has 0 fully saturated rings. The number of nitrogens with zero attached hydrogens (tertiary/aromatic N) is 1. The zero-order chi connectivity index (χ0) is 18.7. The molecule has 0 radical (unpaired) electrons. The van der Waals surface area contributed by atoms with Gasteiger partial charge in [0.15, 0.2) is 5.78 Å². The van der Waals surface area contributed by atoms with E-state index in [2.05, 4.69) is 53.3 Å². The number of aromatic amines is 1. The normalized spacial score (nSPS) is 13.4.